The van der Waals surface area contributed by atoms with Crippen molar-refractivity contribution in [1.82, 2.24) is 9.88 Å². The Hall–Kier alpha value is -3.83. The predicted octanol–water partition coefficient (Wildman–Crippen LogP) is 3.24. The highest BCUT2D eigenvalue weighted by molar-refractivity contribution is 6.12. The molecule has 4 rings (SSSR count). The minimum atomic E-state index is -4.82. The molecule has 0 radical (unpaired) electrons. The van der Waals surface area contributed by atoms with Crippen LogP contribution in [0.5, 0.6) is 11.6 Å². The second-order valence-corrected chi connectivity index (χ2v) is 7.94. The third-order valence-corrected chi connectivity index (χ3v) is 5.70. The molecule has 0 unspecified atom stereocenters. The Balaban J connectivity index is 1.37. The van der Waals surface area contributed by atoms with E-state index in [1.165, 1.54) is 34.2 Å². The van der Waals surface area contributed by atoms with Gasteiger partial charge in [-0.3, -0.25) is 19.4 Å². The monoisotopic (exact) mass is 478 g/mol. The van der Waals surface area contributed by atoms with Crippen molar-refractivity contribution >= 4 is 23.5 Å². The number of alkyl halides is 3. The second kappa shape index (κ2) is 9.20. The summed E-state index contributed by atoms with van der Waals surface area (Å²) in [5, 5.41) is 0. The van der Waals surface area contributed by atoms with Gasteiger partial charge < -0.3 is 15.2 Å². The number of nitrogens with zero attached hydrogens (tertiary/aromatic N) is 3. The van der Waals surface area contributed by atoms with Gasteiger partial charge in [-0.2, -0.15) is 0 Å². The molecule has 2 aliphatic rings. The van der Waals surface area contributed by atoms with Gasteiger partial charge in [0.15, 0.2) is 0 Å². The molecule has 180 valence electrons. The number of aromatic nitrogens is 1. The van der Waals surface area contributed by atoms with Crippen LogP contribution in [0.1, 0.15) is 36.0 Å². The fourth-order valence-corrected chi connectivity index (χ4v) is 4.16. The number of primary amides is 1. The van der Waals surface area contributed by atoms with Crippen molar-refractivity contribution in [3.05, 3.63) is 48.2 Å². The lowest BCUT2D eigenvalue weighted by molar-refractivity contribution is -0.274. The maximum atomic E-state index is 12.9. The predicted molar refractivity (Wildman–Crippen MR) is 112 cm³/mol. The molecule has 12 heteroatoms. The number of rotatable bonds is 6. The lowest BCUT2D eigenvalue weighted by Crippen LogP contribution is -2.44. The van der Waals surface area contributed by atoms with Gasteiger partial charge in [0.05, 0.1) is 0 Å². The van der Waals surface area contributed by atoms with Crippen LogP contribution in [-0.4, -0.2) is 52.8 Å². The fraction of sp³-hybridized carbons (Fsp3) is 0.364. The van der Waals surface area contributed by atoms with Gasteiger partial charge in [-0.25, -0.2) is 9.78 Å². The molecule has 2 heterocycles. The second-order valence-electron chi connectivity index (χ2n) is 7.94. The Bertz CT molecular complexity index is 1080. The molecule has 1 saturated carbocycles. The third kappa shape index (κ3) is 5.05. The molecule has 0 spiro atoms. The van der Waals surface area contributed by atoms with E-state index in [4.69, 9.17) is 10.5 Å². The molecule has 0 bridgehead atoms. The number of urea groups is 1. The first-order chi connectivity index (χ1) is 16.1. The van der Waals surface area contributed by atoms with Crippen molar-refractivity contribution in [2.24, 2.45) is 5.73 Å². The molecule has 1 aliphatic carbocycles. The van der Waals surface area contributed by atoms with Crippen LogP contribution in [0.25, 0.3) is 0 Å². The van der Waals surface area contributed by atoms with E-state index in [2.05, 4.69) is 9.72 Å². The molecule has 2 N–H and O–H groups in total. The summed E-state index contributed by atoms with van der Waals surface area (Å²) >= 11 is 0. The minimum absolute atomic E-state index is 0.149. The van der Waals surface area contributed by atoms with Gasteiger partial charge in [-0.15, -0.1) is 13.2 Å². The van der Waals surface area contributed by atoms with Crippen molar-refractivity contribution in [2.45, 2.75) is 44.2 Å². The summed E-state index contributed by atoms with van der Waals surface area (Å²) in [7, 11) is 0. The zero-order chi connectivity index (χ0) is 24.5. The first-order valence-corrected chi connectivity index (χ1v) is 10.5. The van der Waals surface area contributed by atoms with E-state index >= 15 is 0 Å². The molecule has 2 fully saturated rings. The number of imide groups is 1. The number of ether oxygens (including phenoxy) is 2. The van der Waals surface area contributed by atoms with Gasteiger partial charge in [-0.1, -0.05) is 0 Å². The van der Waals surface area contributed by atoms with Gasteiger partial charge in [0.25, 0.3) is 11.8 Å². The van der Waals surface area contributed by atoms with E-state index in [1.807, 2.05) is 0 Å². The van der Waals surface area contributed by atoms with E-state index in [1.54, 1.807) is 6.07 Å². The highest BCUT2D eigenvalue weighted by atomic mass is 19.4. The molecular weight excluding hydrogens is 457 g/mol. The highest BCUT2D eigenvalue weighted by Crippen LogP contribution is 2.32. The van der Waals surface area contributed by atoms with Crippen molar-refractivity contribution < 1.29 is 37.0 Å². The Morgan fingerprint density at radius 1 is 1.06 bits per heavy atom. The van der Waals surface area contributed by atoms with E-state index in [9.17, 15) is 27.6 Å². The van der Waals surface area contributed by atoms with Gasteiger partial charge in [-0.05, 0) is 62.1 Å². The summed E-state index contributed by atoms with van der Waals surface area (Å²) in [5.41, 5.74) is 5.82. The van der Waals surface area contributed by atoms with E-state index in [-0.39, 0.29) is 36.0 Å². The normalized spacial score (nSPS) is 21.0. The minimum Gasteiger partial charge on any atom is -0.474 e. The van der Waals surface area contributed by atoms with E-state index < -0.39 is 24.1 Å². The molecule has 1 aliphatic heterocycles. The number of carbonyl (C=O) groups is 3. The zero-order valence-corrected chi connectivity index (χ0v) is 17.8. The lowest BCUT2D eigenvalue weighted by Gasteiger charge is -2.33. The number of halogens is 3. The van der Waals surface area contributed by atoms with E-state index in [0.717, 1.165) is 12.1 Å². The van der Waals surface area contributed by atoms with Gasteiger partial charge >= 0.3 is 12.4 Å². The Morgan fingerprint density at radius 3 is 2.35 bits per heavy atom. The summed E-state index contributed by atoms with van der Waals surface area (Å²) in [5.74, 6) is -1.30. The zero-order valence-electron chi connectivity index (χ0n) is 17.8. The average Bonchev–Trinajstić information content (AvgIpc) is 3.08. The number of benzene rings is 1. The SMILES string of the molecule is NC(=O)c1cccnc1OC1CCC(N2C(=O)CN(c3ccc(OC(F)(F)F)cc3)C2=O)CC1. The summed E-state index contributed by atoms with van der Waals surface area (Å²) < 4.78 is 46.7. The van der Waals surface area contributed by atoms with Crippen molar-refractivity contribution in [3.8, 4) is 11.6 Å². The van der Waals surface area contributed by atoms with Crippen LogP contribution in [-0.2, 0) is 4.79 Å². The van der Waals surface area contributed by atoms with Crippen LogP contribution in [0.2, 0.25) is 0 Å². The largest absolute Gasteiger partial charge is 0.573 e. The molecule has 34 heavy (non-hydrogen) atoms. The maximum absolute atomic E-state index is 12.9. The van der Waals surface area contributed by atoms with Gasteiger partial charge in [0.2, 0.25) is 5.88 Å². The summed E-state index contributed by atoms with van der Waals surface area (Å²) in [6, 6.07) is 7.00. The number of anilines is 1. The number of carbonyl (C=O) groups excluding carboxylic acids is 3. The van der Waals surface area contributed by atoms with Crippen LogP contribution < -0.4 is 20.1 Å². The molecule has 0 atom stereocenters. The first-order valence-electron chi connectivity index (χ1n) is 10.5. The van der Waals surface area contributed by atoms with E-state index in [0.29, 0.717) is 31.4 Å². The van der Waals surface area contributed by atoms with Crippen molar-refractivity contribution in [1.29, 1.82) is 0 Å². The van der Waals surface area contributed by atoms with Crippen molar-refractivity contribution in [2.75, 3.05) is 11.4 Å². The number of pyridine rings is 1. The molecule has 4 amide bonds. The summed E-state index contributed by atoms with van der Waals surface area (Å²) in [6.45, 7) is -0.204. The first kappa shape index (κ1) is 23.3. The molecule has 2 aromatic rings. The lowest BCUT2D eigenvalue weighted by atomic mass is 9.92. The third-order valence-electron chi connectivity index (χ3n) is 5.70. The number of nitrogens with two attached hydrogens (primary N) is 1. The highest BCUT2D eigenvalue weighted by Gasteiger charge is 2.42. The maximum Gasteiger partial charge on any atom is 0.573 e. The molecule has 1 aromatic carbocycles. The molecule has 1 aromatic heterocycles. The van der Waals surface area contributed by atoms with Gasteiger partial charge in [0.1, 0.15) is 24.0 Å². The Labute approximate surface area is 192 Å². The van der Waals surface area contributed by atoms with Crippen LogP contribution in [0, 0.1) is 0 Å². The Kier molecular flexibility index (Phi) is 6.31. The molecule has 1 saturated heterocycles. The quantitative estimate of drug-likeness (QED) is 0.638. The van der Waals surface area contributed by atoms with Crippen molar-refractivity contribution in [3.63, 3.8) is 0 Å². The average molecular weight is 478 g/mol. The van der Waals surface area contributed by atoms with Crippen LogP contribution >= 0.6 is 0 Å². The summed E-state index contributed by atoms with van der Waals surface area (Å²) in [6.07, 6.45) is -1.54. The smallest absolute Gasteiger partial charge is 0.474 e. The Morgan fingerprint density at radius 2 is 1.74 bits per heavy atom. The van der Waals surface area contributed by atoms with Gasteiger partial charge in [0, 0.05) is 17.9 Å². The van der Waals surface area contributed by atoms with Crippen LogP contribution in [0.4, 0.5) is 23.7 Å². The number of amides is 4. The number of hydrogen-bond acceptors (Lipinski definition) is 6. The van der Waals surface area contributed by atoms with Crippen LogP contribution in [0.3, 0.4) is 0 Å². The van der Waals surface area contributed by atoms with Crippen LogP contribution in [0.15, 0.2) is 42.6 Å². The summed E-state index contributed by atoms with van der Waals surface area (Å²) in [4.78, 5) is 43.6. The fourth-order valence-electron chi connectivity index (χ4n) is 4.16. The standard InChI is InChI=1S/C22H21F3N4O5/c23-22(24,25)34-16-9-3-13(4-10-16)28-12-18(30)29(21(28)32)14-5-7-15(8-6-14)33-20-17(19(26)31)2-1-11-27-20/h1-4,9-11,14-15H,5-8,12H2,(H2,26,31). The molecular formula is C22H21F3N4O5. The number of hydrogen-bond donors (Lipinski definition) is 1. The topological polar surface area (TPSA) is 115 Å². The molecule has 9 nitrogen and oxygen atoms in total.